The second-order valence-electron chi connectivity index (χ2n) is 6.09. The van der Waals surface area contributed by atoms with E-state index in [2.05, 4.69) is 19.9 Å². The summed E-state index contributed by atoms with van der Waals surface area (Å²) in [6.45, 7) is 2.33. The second kappa shape index (κ2) is 6.94. The molecule has 4 heterocycles. The van der Waals surface area contributed by atoms with Crippen molar-refractivity contribution in [2.45, 2.75) is 6.42 Å². The number of rotatable bonds is 3. The van der Waals surface area contributed by atoms with Gasteiger partial charge in [0.2, 0.25) is 0 Å². The minimum atomic E-state index is -0.0610. The van der Waals surface area contributed by atoms with Crippen molar-refractivity contribution in [3.8, 4) is 0 Å². The van der Waals surface area contributed by atoms with Gasteiger partial charge in [-0.1, -0.05) is 0 Å². The van der Waals surface area contributed by atoms with Crippen LogP contribution in [-0.4, -0.2) is 61.4 Å². The van der Waals surface area contributed by atoms with Crippen LogP contribution in [0.15, 0.2) is 43.5 Å². The molecule has 1 fully saturated rings. The van der Waals surface area contributed by atoms with E-state index in [0.29, 0.717) is 31.9 Å². The van der Waals surface area contributed by atoms with E-state index in [1.54, 1.807) is 24.8 Å². The summed E-state index contributed by atoms with van der Waals surface area (Å²) in [6, 6.07) is 0. The summed E-state index contributed by atoms with van der Waals surface area (Å²) in [4.78, 5) is 31.0. The van der Waals surface area contributed by atoms with Gasteiger partial charge in [-0.15, -0.1) is 0 Å². The zero-order chi connectivity index (χ0) is 17.1. The molecule has 0 unspecified atom stereocenters. The summed E-state index contributed by atoms with van der Waals surface area (Å²) in [5.74, 6) is 0.124. The smallest absolute Gasteiger partial charge is 0.257 e. The number of ether oxygens (including phenoxy) is 1. The lowest BCUT2D eigenvalue weighted by atomic mass is 10.0. The molecule has 0 N–H and O–H groups in total. The lowest BCUT2D eigenvalue weighted by Gasteiger charge is -2.23. The number of hydrogen-bond donors (Lipinski definition) is 0. The Bertz CT molecular complexity index is 866. The average molecular weight is 338 g/mol. The van der Waals surface area contributed by atoms with Crippen molar-refractivity contribution < 1.29 is 9.53 Å². The maximum Gasteiger partial charge on any atom is 0.257 e. The first-order valence-corrected chi connectivity index (χ1v) is 8.19. The highest BCUT2D eigenvalue weighted by atomic mass is 16.5. The third-order valence-corrected chi connectivity index (χ3v) is 4.26. The van der Waals surface area contributed by atoms with Gasteiger partial charge >= 0.3 is 0 Å². The molecule has 0 saturated carbocycles. The Morgan fingerprint density at radius 2 is 2.12 bits per heavy atom. The van der Waals surface area contributed by atoms with Gasteiger partial charge in [-0.05, 0) is 6.42 Å². The zero-order valence-electron chi connectivity index (χ0n) is 13.7. The third-order valence-electron chi connectivity index (χ3n) is 4.26. The molecule has 3 aromatic heterocycles. The lowest BCUT2D eigenvalue weighted by molar-refractivity contribution is 0.0736. The van der Waals surface area contributed by atoms with Gasteiger partial charge in [0.1, 0.15) is 6.33 Å². The molecule has 0 aliphatic carbocycles. The monoisotopic (exact) mass is 338 g/mol. The average Bonchev–Trinajstić information content (AvgIpc) is 2.99. The molecule has 0 bridgehead atoms. The molecule has 25 heavy (non-hydrogen) atoms. The van der Waals surface area contributed by atoms with Gasteiger partial charge < -0.3 is 14.0 Å². The molecule has 128 valence electrons. The van der Waals surface area contributed by atoms with Gasteiger partial charge in [-0.3, -0.25) is 9.78 Å². The highest BCUT2D eigenvalue weighted by Crippen LogP contribution is 2.15. The third kappa shape index (κ3) is 3.48. The first-order chi connectivity index (χ1) is 12.3. The van der Waals surface area contributed by atoms with Gasteiger partial charge in [0.25, 0.3) is 5.91 Å². The van der Waals surface area contributed by atoms with Crippen LogP contribution in [0.1, 0.15) is 16.1 Å². The molecule has 1 aliphatic heterocycles. The van der Waals surface area contributed by atoms with E-state index in [0.717, 1.165) is 17.8 Å². The van der Waals surface area contributed by atoms with Crippen molar-refractivity contribution in [1.82, 2.24) is 29.2 Å². The molecule has 4 rings (SSSR count). The van der Waals surface area contributed by atoms with E-state index in [9.17, 15) is 4.79 Å². The Morgan fingerprint density at radius 1 is 1.24 bits per heavy atom. The number of imidazole rings is 1. The van der Waals surface area contributed by atoms with Crippen molar-refractivity contribution in [3.63, 3.8) is 0 Å². The van der Waals surface area contributed by atoms with E-state index >= 15 is 0 Å². The second-order valence-corrected chi connectivity index (χ2v) is 6.09. The number of nitrogens with zero attached hydrogens (tertiary/aromatic N) is 6. The van der Waals surface area contributed by atoms with Crippen molar-refractivity contribution in [2.24, 2.45) is 5.92 Å². The van der Waals surface area contributed by atoms with Crippen molar-refractivity contribution in [3.05, 3.63) is 54.8 Å². The Balaban J connectivity index is 1.48. The lowest BCUT2D eigenvalue weighted by Crippen LogP contribution is -2.36. The first kappa shape index (κ1) is 15.6. The summed E-state index contributed by atoms with van der Waals surface area (Å²) in [5, 5.41) is 0. The highest BCUT2D eigenvalue weighted by Gasteiger charge is 2.24. The van der Waals surface area contributed by atoms with E-state index in [1.165, 1.54) is 6.33 Å². The number of amides is 1. The number of hydrogen-bond acceptors (Lipinski definition) is 6. The number of aromatic nitrogens is 5. The fourth-order valence-corrected chi connectivity index (χ4v) is 3.05. The number of carbonyl (C=O) groups excluding carboxylic acids is 1. The van der Waals surface area contributed by atoms with Crippen LogP contribution in [0, 0.1) is 5.92 Å². The molecular formula is C17H18N6O2. The molecule has 1 atom stereocenters. The van der Waals surface area contributed by atoms with Gasteiger partial charge in [-0.2, -0.15) is 0 Å². The van der Waals surface area contributed by atoms with Crippen LogP contribution in [-0.2, 0) is 11.2 Å². The van der Waals surface area contributed by atoms with Gasteiger partial charge in [-0.25, -0.2) is 15.0 Å². The topological polar surface area (TPSA) is 85.5 Å². The Morgan fingerprint density at radius 3 is 3.00 bits per heavy atom. The number of carbonyl (C=O) groups is 1. The Kier molecular flexibility index (Phi) is 4.34. The standard InChI is InChI=1S/C17H18N6O2/c24-17(14-6-18-12-19-7-14)23-3-4-25-11-13(9-23)5-15-10-22-2-1-20-16(22)8-21-15/h1-2,6-8,10,12-13H,3-5,9,11H2/t13-/m0/s1. The summed E-state index contributed by atoms with van der Waals surface area (Å²) < 4.78 is 7.64. The van der Waals surface area contributed by atoms with Crippen LogP contribution in [0.4, 0.5) is 0 Å². The maximum atomic E-state index is 12.7. The first-order valence-electron chi connectivity index (χ1n) is 8.19. The Labute approximate surface area is 144 Å². The normalized spacial score (nSPS) is 18.2. The van der Waals surface area contributed by atoms with Gasteiger partial charge in [0.15, 0.2) is 5.65 Å². The predicted molar refractivity (Wildman–Crippen MR) is 88.9 cm³/mol. The molecule has 0 aromatic carbocycles. The van der Waals surface area contributed by atoms with Crippen LogP contribution in [0.2, 0.25) is 0 Å². The summed E-state index contributed by atoms with van der Waals surface area (Å²) in [6.07, 6.45) is 12.6. The molecule has 0 radical (unpaired) electrons. The molecular weight excluding hydrogens is 320 g/mol. The summed E-state index contributed by atoms with van der Waals surface area (Å²) in [5.41, 5.74) is 2.28. The zero-order valence-corrected chi connectivity index (χ0v) is 13.7. The van der Waals surface area contributed by atoms with E-state index in [-0.39, 0.29) is 11.8 Å². The predicted octanol–water partition coefficient (Wildman–Crippen LogP) is 0.851. The Hall–Kier alpha value is -2.87. The molecule has 3 aromatic rings. The molecule has 0 spiro atoms. The summed E-state index contributed by atoms with van der Waals surface area (Å²) in [7, 11) is 0. The van der Waals surface area contributed by atoms with E-state index in [4.69, 9.17) is 4.74 Å². The summed E-state index contributed by atoms with van der Waals surface area (Å²) >= 11 is 0. The van der Waals surface area contributed by atoms with Crippen LogP contribution in [0.25, 0.3) is 5.65 Å². The van der Waals surface area contributed by atoms with Crippen LogP contribution in [0.5, 0.6) is 0 Å². The highest BCUT2D eigenvalue weighted by molar-refractivity contribution is 5.93. The van der Waals surface area contributed by atoms with Crippen LogP contribution in [0.3, 0.4) is 0 Å². The minimum Gasteiger partial charge on any atom is -0.379 e. The SMILES string of the molecule is O=C(c1cncnc1)N1CCOC[C@@H](Cc2cn3ccnc3cn2)C1. The quantitative estimate of drug-likeness (QED) is 0.704. The molecule has 1 aliphatic rings. The fraction of sp³-hybridized carbons (Fsp3) is 0.353. The molecule has 8 heteroatoms. The van der Waals surface area contributed by atoms with Gasteiger partial charge in [0, 0.05) is 50.0 Å². The van der Waals surface area contributed by atoms with E-state index < -0.39 is 0 Å². The van der Waals surface area contributed by atoms with Crippen molar-refractivity contribution in [2.75, 3.05) is 26.3 Å². The van der Waals surface area contributed by atoms with Crippen LogP contribution < -0.4 is 0 Å². The number of fused-ring (bicyclic) bond motifs is 1. The minimum absolute atomic E-state index is 0.0610. The van der Waals surface area contributed by atoms with Gasteiger partial charge in [0.05, 0.1) is 30.7 Å². The van der Waals surface area contributed by atoms with Crippen LogP contribution >= 0.6 is 0 Å². The molecule has 1 saturated heterocycles. The largest absolute Gasteiger partial charge is 0.379 e. The van der Waals surface area contributed by atoms with Crippen molar-refractivity contribution in [1.29, 1.82) is 0 Å². The fourth-order valence-electron chi connectivity index (χ4n) is 3.05. The van der Waals surface area contributed by atoms with E-state index in [1.807, 2.05) is 21.7 Å². The van der Waals surface area contributed by atoms with Crippen molar-refractivity contribution >= 4 is 11.6 Å². The maximum absolute atomic E-state index is 12.7. The molecule has 1 amide bonds. The molecule has 8 nitrogen and oxygen atoms in total.